The van der Waals surface area contributed by atoms with Crippen LogP contribution in [0.15, 0.2) is 42.5 Å². The van der Waals surface area contributed by atoms with Crippen LogP contribution in [0.4, 0.5) is 10.1 Å². The molecular formula is C17H18FNO. The number of rotatable bonds is 4. The van der Waals surface area contributed by atoms with Gasteiger partial charge < -0.3 is 5.32 Å². The predicted octanol–water partition coefficient (Wildman–Crippen LogP) is 4.19. The predicted molar refractivity (Wildman–Crippen MR) is 79.8 cm³/mol. The number of halogens is 1. The number of nitrogens with one attached hydrogen (secondary N) is 1. The van der Waals surface area contributed by atoms with Gasteiger partial charge in [-0.1, -0.05) is 12.1 Å². The van der Waals surface area contributed by atoms with Gasteiger partial charge in [-0.05, 0) is 56.7 Å². The molecule has 3 heteroatoms. The molecule has 0 amide bonds. The first-order valence-corrected chi connectivity index (χ1v) is 6.65. The highest BCUT2D eigenvalue weighted by Gasteiger charge is 2.15. The summed E-state index contributed by atoms with van der Waals surface area (Å²) in [6.07, 6.45) is 0. The average Bonchev–Trinajstić information content (AvgIpc) is 2.41. The fourth-order valence-corrected chi connectivity index (χ4v) is 2.09. The van der Waals surface area contributed by atoms with Gasteiger partial charge in [-0.2, -0.15) is 0 Å². The van der Waals surface area contributed by atoms with Crippen molar-refractivity contribution in [3.8, 4) is 0 Å². The summed E-state index contributed by atoms with van der Waals surface area (Å²) in [5.41, 5.74) is 2.97. The van der Waals surface area contributed by atoms with E-state index in [0.717, 1.165) is 11.3 Å². The average molecular weight is 271 g/mol. The van der Waals surface area contributed by atoms with E-state index in [0.29, 0.717) is 11.1 Å². The summed E-state index contributed by atoms with van der Waals surface area (Å²) in [6.45, 7) is 6.02. The number of aryl methyl sites for hydroxylation is 1. The third-order valence-electron chi connectivity index (χ3n) is 3.06. The molecule has 0 unspecified atom stereocenters. The Morgan fingerprint density at radius 1 is 1.10 bits per heavy atom. The molecule has 104 valence electrons. The van der Waals surface area contributed by atoms with Crippen LogP contribution >= 0.6 is 0 Å². The van der Waals surface area contributed by atoms with Gasteiger partial charge in [-0.15, -0.1) is 0 Å². The lowest BCUT2D eigenvalue weighted by Crippen LogP contribution is -2.15. The summed E-state index contributed by atoms with van der Waals surface area (Å²) in [5, 5.41) is 3.31. The third-order valence-corrected chi connectivity index (χ3v) is 3.06. The molecule has 0 aromatic heterocycles. The topological polar surface area (TPSA) is 29.1 Å². The van der Waals surface area contributed by atoms with Crippen LogP contribution in [0, 0.1) is 12.7 Å². The van der Waals surface area contributed by atoms with Crippen LogP contribution in [0.5, 0.6) is 0 Å². The van der Waals surface area contributed by atoms with Gasteiger partial charge in [0.05, 0.1) is 0 Å². The molecule has 0 spiro atoms. The minimum absolute atomic E-state index is 0.100. The molecule has 2 rings (SSSR count). The fraction of sp³-hybridized carbons (Fsp3) is 0.235. The zero-order valence-corrected chi connectivity index (χ0v) is 11.9. The van der Waals surface area contributed by atoms with Crippen molar-refractivity contribution in [2.24, 2.45) is 0 Å². The first kappa shape index (κ1) is 14.3. The minimum atomic E-state index is -0.341. The molecule has 2 aromatic rings. The molecule has 20 heavy (non-hydrogen) atoms. The molecule has 0 radical (unpaired) electrons. The molecule has 0 atom stereocenters. The number of hydrogen-bond donors (Lipinski definition) is 1. The molecule has 0 bridgehead atoms. The van der Waals surface area contributed by atoms with E-state index in [4.69, 9.17) is 0 Å². The van der Waals surface area contributed by atoms with Crippen LogP contribution in [0.1, 0.15) is 35.3 Å². The lowest BCUT2D eigenvalue weighted by atomic mass is 9.98. The Hall–Kier alpha value is -2.16. The van der Waals surface area contributed by atoms with E-state index in [1.54, 1.807) is 6.07 Å². The van der Waals surface area contributed by atoms with E-state index >= 15 is 0 Å². The van der Waals surface area contributed by atoms with Crippen molar-refractivity contribution in [2.45, 2.75) is 26.8 Å². The molecule has 2 aromatic carbocycles. The van der Waals surface area contributed by atoms with E-state index in [1.165, 1.54) is 24.3 Å². The number of ketones is 1. The monoisotopic (exact) mass is 271 g/mol. The largest absolute Gasteiger partial charge is 0.382 e. The van der Waals surface area contributed by atoms with E-state index in [1.807, 2.05) is 32.9 Å². The normalized spacial score (nSPS) is 10.7. The SMILES string of the molecule is Cc1cccc(C(=O)c2ccc(F)cc2)c1NC(C)C. The van der Waals surface area contributed by atoms with Crippen LogP contribution in [-0.4, -0.2) is 11.8 Å². The number of benzene rings is 2. The fourth-order valence-electron chi connectivity index (χ4n) is 2.09. The van der Waals surface area contributed by atoms with Gasteiger partial charge in [0.2, 0.25) is 0 Å². The number of para-hydroxylation sites is 1. The van der Waals surface area contributed by atoms with Crippen molar-refractivity contribution < 1.29 is 9.18 Å². The zero-order chi connectivity index (χ0) is 14.7. The van der Waals surface area contributed by atoms with E-state index < -0.39 is 0 Å². The van der Waals surface area contributed by atoms with Gasteiger partial charge in [-0.3, -0.25) is 4.79 Å². The van der Waals surface area contributed by atoms with E-state index in [9.17, 15) is 9.18 Å². The number of carbonyl (C=O) groups excluding carboxylic acids is 1. The van der Waals surface area contributed by atoms with Crippen LogP contribution in [0.25, 0.3) is 0 Å². The molecule has 0 fully saturated rings. The molecule has 0 aliphatic rings. The first-order chi connectivity index (χ1) is 9.49. The summed E-state index contributed by atoms with van der Waals surface area (Å²) in [7, 11) is 0. The summed E-state index contributed by atoms with van der Waals surface area (Å²) in [6, 6.07) is 11.5. The maximum atomic E-state index is 12.9. The number of carbonyl (C=O) groups is 1. The Labute approximate surface area is 118 Å². The highest BCUT2D eigenvalue weighted by Crippen LogP contribution is 2.24. The Morgan fingerprint density at radius 2 is 1.75 bits per heavy atom. The maximum Gasteiger partial charge on any atom is 0.195 e. The highest BCUT2D eigenvalue weighted by molar-refractivity contribution is 6.12. The quantitative estimate of drug-likeness (QED) is 0.845. The standard InChI is InChI=1S/C17H18FNO/c1-11(2)19-16-12(3)5-4-6-15(16)17(20)13-7-9-14(18)10-8-13/h4-11,19H,1-3H3. The zero-order valence-electron chi connectivity index (χ0n) is 11.9. The Morgan fingerprint density at radius 3 is 2.35 bits per heavy atom. The lowest BCUT2D eigenvalue weighted by molar-refractivity contribution is 0.103. The van der Waals surface area contributed by atoms with Gasteiger partial charge in [0.25, 0.3) is 0 Å². The van der Waals surface area contributed by atoms with Crippen molar-refractivity contribution in [3.63, 3.8) is 0 Å². The Bertz CT molecular complexity index is 617. The van der Waals surface area contributed by atoms with Crippen LogP contribution in [-0.2, 0) is 0 Å². The molecule has 0 saturated heterocycles. The van der Waals surface area contributed by atoms with Crippen molar-refractivity contribution in [1.82, 2.24) is 0 Å². The van der Waals surface area contributed by atoms with Crippen molar-refractivity contribution in [1.29, 1.82) is 0 Å². The maximum absolute atomic E-state index is 12.9. The van der Waals surface area contributed by atoms with Crippen LogP contribution < -0.4 is 5.32 Å². The smallest absolute Gasteiger partial charge is 0.195 e. The number of anilines is 1. The summed E-state index contributed by atoms with van der Waals surface area (Å²) in [4.78, 5) is 12.5. The molecule has 0 aliphatic carbocycles. The van der Waals surface area contributed by atoms with Gasteiger partial charge in [0, 0.05) is 22.9 Å². The van der Waals surface area contributed by atoms with Crippen molar-refractivity contribution >= 4 is 11.5 Å². The Balaban J connectivity index is 2.44. The first-order valence-electron chi connectivity index (χ1n) is 6.65. The second-order valence-electron chi connectivity index (χ2n) is 5.13. The molecular weight excluding hydrogens is 253 g/mol. The molecule has 0 aliphatic heterocycles. The summed E-state index contributed by atoms with van der Waals surface area (Å²) < 4.78 is 12.9. The second-order valence-corrected chi connectivity index (χ2v) is 5.13. The van der Waals surface area contributed by atoms with Crippen molar-refractivity contribution in [3.05, 3.63) is 65.0 Å². The van der Waals surface area contributed by atoms with E-state index in [-0.39, 0.29) is 17.6 Å². The minimum Gasteiger partial charge on any atom is -0.382 e. The molecule has 2 nitrogen and oxygen atoms in total. The van der Waals surface area contributed by atoms with Gasteiger partial charge in [-0.25, -0.2) is 4.39 Å². The molecule has 1 N–H and O–H groups in total. The third kappa shape index (κ3) is 3.05. The summed E-state index contributed by atoms with van der Waals surface area (Å²) in [5.74, 6) is -0.442. The van der Waals surface area contributed by atoms with Gasteiger partial charge in [0.15, 0.2) is 5.78 Å². The number of hydrogen-bond acceptors (Lipinski definition) is 2. The van der Waals surface area contributed by atoms with Crippen molar-refractivity contribution in [2.75, 3.05) is 5.32 Å². The van der Waals surface area contributed by atoms with E-state index in [2.05, 4.69) is 5.32 Å². The van der Waals surface area contributed by atoms with Gasteiger partial charge in [0.1, 0.15) is 5.82 Å². The molecule has 0 heterocycles. The van der Waals surface area contributed by atoms with Crippen LogP contribution in [0.3, 0.4) is 0 Å². The lowest BCUT2D eigenvalue weighted by Gasteiger charge is -2.16. The Kier molecular flexibility index (Phi) is 4.18. The molecule has 0 saturated carbocycles. The highest BCUT2D eigenvalue weighted by atomic mass is 19.1. The second kappa shape index (κ2) is 5.87. The summed E-state index contributed by atoms with van der Waals surface area (Å²) >= 11 is 0. The van der Waals surface area contributed by atoms with Gasteiger partial charge >= 0.3 is 0 Å². The van der Waals surface area contributed by atoms with Crippen LogP contribution in [0.2, 0.25) is 0 Å².